The van der Waals surface area contributed by atoms with Gasteiger partial charge >= 0.3 is 11.9 Å². The highest BCUT2D eigenvalue weighted by Crippen LogP contribution is 2.49. The SMILES string of the molecule is NCC1CC2CC2N1c1cncc(Sc2ccccc2)c1.O=C(O)/C=C/C(=O)O. The fourth-order valence-electron chi connectivity index (χ4n) is 3.54. The van der Waals surface area contributed by atoms with E-state index in [2.05, 4.69) is 40.2 Å². The Balaban J connectivity index is 0.000000258. The van der Waals surface area contributed by atoms with Gasteiger partial charge in [-0.1, -0.05) is 30.0 Å². The molecule has 0 spiro atoms. The van der Waals surface area contributed by atoms with Crippen LogP contribution in [0, 0.1) is 5.92 Å². The summed E-state index contributed by atoms with van der Waals surface area (Å²) in [5.74, 6) is -1.65. The molecule has 2 heterocycles. The van der Waals surface area contributed by atoms with Crippen LogP contribution in [0.25, 0.3) is 0 Å². The van der Waals surface area contributed by atoms with Gasteiger partial charge in [0, 0.05) is 46.8 Å². The molecule has 4 rings (SSSR count). The van der Waals surface area contributed by atoms with Gasteiger partial charge in [-0.2, -0.15) is 0 Å². The molecule has 0 bridgehead atoms. The lowest BCUT2D eigenvalue weighted by atomic mass is 10.1. The number of fused-ring (bicyclic) bond motifs is 1. The molecule has 4 N–H and O–H groups in total. The lowest BCUT2D eigenvalue weighted by Gasteiger charge is -2.28. The van der Waals surface area contributed by atoms with E-state index in [0.717, 1.165) is 12.5 Å². The van der Waals surface area contributed by atoms with Gasteiger partial charge < -0.3 is 20.8 Å². The number of nitrogens with two attached hydrogens (primary N) is 1. The molecule has 0 amide bonds. The van der Waals surface area contributed by atoms with Gasteiger partial charge in [0.2, 0.25) is 0 Å². The van der Waals surface area contributed by atoms with E-state index in [1.54, 1.807) is 11.8 Å². The van der Waals surface area contributed by atoms with E-state index in [1.807, 2.05) is 18.5 Å². The molecule has 2 aliphatic rings. The minimum atomic E-state index is -1.26. The number of carboxylic acid groups (broad SMARTS) is 2. The maximum atomic E-state index is 9.55. The number of nitrogens with zero attached hydrogens (tertiary/aromatic N) is 2. The van der Waals surface area contributed by atoms with Crippen LogP contribution in [0.5, 0.6) is 0 Å². The zero-order valence-corrected chi connectivity index (χ0v) is 16.5. The Morgan fingerprint density at radius 3 is 2.41 bits per heavy atom. The predicted octanol–water partition coefficient (Wildman–Crippen LogP) is 2.87. The van der Waals surface area contributed by atoms with Crippen molar-refractivity contribution in [3.8, 4) is 0 Å². The summed E-state index contributed by atoms with van der Waals surface area (Å²) in [5, 5.41) is 15.6. The quantitative estimate of drug-likeness (QED) is 0.619. The molecule has 2 aromatic rings. The summed E-state index contributed by atoms with van der Waals surface area (Å²) >= 11 is 1.76. The maximum absolute atomic E-state index is 9.55. The summed E-state index contributed by atoms with van der Waals surface area (Å²) in [7, 11) is 0. The third-order valence-corrected chi connectivity index (χ3v) is 5.79. The number of benzene rings is 1. The Kier molecular flexibility index (Phi) is 6.90. The molecule has 1 aromatic heterocycles. The lowest BCUT2D eigenvalue weighted by molar-refractivity contribution is -0.134. The Morgan fingerprint density at radius 2 is 1.79 bits per heavy atom. The summed E-state index contributed by atoms with van der Waals surface area (Å²) in [5.41, 5.74) is 7.17. The zero-order valence-electron chi connectivity index (χ0n) is 15.7. The molecule has 29 heavy (non-hydrogen) atoms. The first-order valence-corrected chi connectivity index (χ1v) is 10.1. The van der Waals surface area contributed by atoms with Crippen LogP contribution < -0.4 is 10.6 Å². The van der Waals surface area contributed by atoms with Crippen molar-refractivity contribution in [1.29, 1.82) is 0 Å². The summed E-state index contributed by atoms with van der Waals surface area (Å²) in [6.45, 7) is 0.739. The van der Waals surface area contributed by atoms with Gasteiger partial charge in [0.25, 0.3) is 0 Å². The molecular weight excluding hydrogens is 390 g/mol. The summed E-state index contributed by atoms with van der Waals surface area (Å²) in [6, 6.07) is 13.9. The Bertz CT molecular complexity index is 875. The molecule has 1 aliphatic carbocycles. The van der Waals surface area contributed by atoms with Gasteiger partial charge in [-0.05, 0) is 37.0 Å². The smallest absolute Gasteiger partial charge is 0.328 e. The second-order valence-corrected chi connectivity index (χ2v) is 8.05. The van der Waals surface area contributed by atoms with Crippen molar-refractivity contribution in [2.24, 2.45) is 11.7 Å². The number of anilines is 1. The van der Waals surface area contributed by atoms with Gasteiger partial charge in [0.05, 0.1) is 11.9 Å². The van der Waals surface area contributed by atoms with E-state index in [4.69, 9.17) is 15.9 Å². The maximum Gasteiger partial charge on any atom is 0.328 e. The van der Waals surface area contributed by atoms with Crippen molar-refractivity contribution in [2.75, 3.05) is 11.4 Å². The molecule has 1 saturated heterocycles. The van der Waals surface area contributed by atoms with E-state index < -0.39 is 11.9 Å². The van der Waals surface area contributed by atoms with Crippen LogP contribution in [-0.4, -0.2) is 45.8 Å². The number of pyridine rings is 1. The molecule has 1 saturated carbocycles. The van der Waals surface area contributed by atoms with E-state index in [0.29, 0.717) is 24.2 Å². The molecule has 2 fully saturated rings. The summed E-state index contributed by atoms with van der Waals surface area (Å²) in [4.78, 5) is 28.5. The van der Waals surface area contributed by atoms with Crippen molar-refractivity contribution >= 4 is 29.4 Å². The Hall–Kier alpha value is -2.84. The third-order valence-electron chi connectivity index (χ3n) is 4.83. The Morgan fingerprint density at radius 1 is 1.10 bits per heavy atom. The van der Waals surface area contributed by atoms with Gasteiger partial charge in [0.1, 0.15) is 0 Å². The average Bonchev–Trinajstić information content (AvgIpc) is 3.37. The number of carbonyl (C=O) groups is 2. The van der Waals surface area contributed by atoms with E-state index in [-0.39, 0.29) is 0 Å². The van der Waals surface area contributed by atoms with Crippen LogP contribution in [0.2, 0.25) is 0 Å². The van der Waals surface area contributed by atoms with Crippen LogP contribution >= 0.6 is 11.8 Å². The second kappa shape index (κ2) is 9.58. The van der Waals surface area contributed by atoms with Gasteiger partial charge in [-0.15, -0.1) is 0 Å². The topological polar surface area (TPSA) is 117 Å². The lowest BCUT2D eigenvalue weighted by Crippen LogP contribution is -2.38. The monoisotopic (exact) mass is 413 g/mol. The van der Waals surface area contributed by atoms with Gasteiger partial charge in [-0.3, -0.25) is 4.98 Å². The van der Waals surface area contributed by atoms with Crippen LogP contribution in [0.15, 0.2) is 70.7 Å². The second-order valence-electron chi connectivity index (χ2n) is 6.90. The summed E-state index contributed by atoms with van der Waals surface area (Å²) < 4.78 is 0. The first-order valence-electron chi connectivity index (χ1n) is 9.28. The largest absolute Gasteiger partial charge is 0.478 e. The number of rotatable bonds is 6. The molecule has 3 atom stereocenters. The Labute approximate surface area is 173 Å². The summed E-state index contributed by atoms with van der Waals surface area (Å²) in [6.07, 6.45) is 7.62. The van der Waals surface area contributed by atoms with Crippen molar-refractivity contribution in [3.63, 3.8) is 0 Å². The highest BCUT2D eigenvalue weighted by atomic mass is 32.2. The molecule has 1 aliphatic heterocycles. The fraction of sp³-hybridized carbons (Fsp3) is 0.286. The van der Waals surface area contributed by atoms with Crippen LogP contribution in [0.3, 0.4) is 0 Å². The van der Waals surface area contributed by atoms with E-state index >= 15 is 0 Å². The predicted molar refractivity (Wildman–Crippen MR) is 111 cm³/mol. The minimum absolute atomic E-state index is 0.493. The third kappa shape index (κ3) is 5.82. The standard InChI is InChI=1S/C17H19N3S.C4H4O4/c18-9-13-6-12-7-17(12)20(13)14-8-16(11-19-10-14)21-15-4-2-1-3-5-15;5-3(6)1-2-4(7)8/h1-5,8,10-13,17H,6-7,9,18H2;1-2H,(H,5,6)(H,7,8)/b;2-1+. The van der Waals surface area contributed by atoms with E-state index in [1.165, 1.54) is 28.3 Å². The molecule has 7 nitrogen and oxygen atoms in total. The van der Waals surface area contributed by atoms with Crippen molar-refractivity contribution < 1.29 is 19.8 Å². The number of hydrogen-bond acceptors (Lipinski definition) is 6. The number of aliphatic carboxylic acids is 2. The highest BCUT2D eigenvalue weighted by Gasteiger charge is 2.51. The molecular formula is C21H23N3O4S. The minimum Gasteiger partial charge on any atom is -0.478 e. The number of aromatic nitrogens is 1. The zero-order chi connectivity index (χ0) is 20.8. The van der Waals surface area contributed by atoms with E-state index in [9.17, 15) is 9.59 Å². The molecule has 8 heteroatoms. The van der Waals surface area contributed by atoms with Crippen molar-refractivity contribution in [1.82, 2.24) is 4.98 Å². The van der Waals surface area contributed by atoms with Crippen molar-refractivity contribution in [2.45, 2.75) is 34.7 Å². The number of piperidine rings is 1. The number of hydrogen-bond donors (Lipinski definition) is 3. The van der Waals surface area contributed by atoms with Crippen LogP contribution in [0.4, 0.5) is 5.69 Å². The number of carboxylic acids is 2. The normalized spacial score (nSPS) is 22.0. The molecule has 3 unspecified atom stereocenters. The van der Waals surface area contributed by atoms with Gasteiger partial charge in [-0.25, -0.2) is 9.59 Å². The molecule has 152 valence electrons. The average molecular weight is 413 g/mol. The van der Waals surface area contributed by atoms with Crippen LogP contribution in [-0.2, 0) is 9.59 Å². The van der Waals surface area contributed by atoms with Gasteiger partial charge in [0.15, 0.2) is 0 Å². The van der Waals surface area contributed by atoms with Crippen LogP contribution in [0.1, 0.15) is 12.8 Å². The highest BCUT2D eigenvalue weighted by molar-refractivity contribution is 7.99. The molecule has 1 aromatic carbocycles. The molecule has 0 radical (unpaired) electrons. The first-order chi connectivity index (χ1) is 14.0. The first kappa shape index (κ1) is 20.9. The van der Waals surface area contributed by atoms with Crippen molar-refractivity contribution in [3.05, 3.63) is 60.9 Å². The fourth-order valence-corrected chi connectivity index (χ4v) is 4.40.